The monoisotopic (exact) mass is 308 g/mol. The maximum atomic E-state index is 11.4. The molecule has 0 radical (unpaired) electrons. The van der Waals surface area contributed by atoms with Crippen molar-refractivity contribution in [3.63, 3.8) is 0 Å². The summed E-state index contributed by atoms with van der Waals surface area (Å²) < 4.78 is 1.07. The number of amides is 2. The van der Waals surface area contributed by atoms with Crippen LogP contribution < -0.4 is 10.6 Å². The van der Waals surface area contributed by atoms with E-state index in [-0.39, 0.29) is 6.03 Å². The molecule has 1 fully saturated rings. The van der Waals surface area contributed by atoms with E-state index < -0.39 is 0 Å². The second-order valence-electron chi connectivity index (χ2n) is 4.48. The highest BCUT2D eigenvalue weighted by atomic mass is 79.9. The highest BCUT2D eigenvalue weighted by Crippen LogP contribution is 2.29. The Morgan fingerprint density at radius 3 is 3.00 bits per heavy atom. The number of urea groups is 1. The third kappa shape index (κ3) is 4.92. The summed E-state index contributed by atoms with van der Waals surface area (Å²) in [7, 11) is 0. The van der Waals surface area contributed by atoms with Gasteiger partial charge < -0.3 is 10.6 Å². The molecule has 0 unspecified atom stereocenters. The van der Waals surface area contributed by atoms with Crippen molar-refractivity contribution in [2.24, 2.45) is 5.92 Å². The van der Waals surface area contributed by atoms with Gasteiger partial charge in [0.15, 0.2) is 0 Å². The van der Waals surface area contributed by atoms with E-state index in [1.54, 1.807) is 6.20 Å². The molecule has 2 amide bonds. The number of hydrogen-bond acceptors (Lipinski definition) is 1. The van der Waals surface area contributed by atoms with Crippen molar-refractivity contribution < 1.29 is 4.79 Å². The molecule has 0 aromatic heterocycles. The molecule has 0 spiro atoms. The van der Waals surface area contributed by atoms with Gasteiger partial charge in [-0.1, -0.05) is 34.1 Å². The molecule has 18 heavy (non-hydrogen) atoms. The van der Waals surface area contributed by atoms with Gasteiger partial charge in [-0.25, -0.2) is 4.79 Å². The predicted octanol–water partition coefficient (Wildman–Crippen LogP) is 3.21. The molecule has 4 heteroatoms. The van der Waals surface area contributed by atoms with Crippen molar-refractivity contribution >= 4 is 22.0 Å². The fourth-order valence-corrected chi connectivity index (χ4v) is 2.06. The summed E-state index contributed by atoms with van der Waals surface area (Å²) in [5.74, 6) is 0.687. The van der Waals surface area contributed by atoms with Gasteiger partial charge in [-0.3, -0.25) is 0 Å². The summed E-state index contributed by atoms with van der Waals surface area (Å²) in [6.07, 6.45) is 7.13. The van der Waals surface area contributed by atoms with E-state index in [9.17, 15) is 4.79 Å². The van der Waals surface area contributed by atoms with Crippen LogP contribution >= 0.6 is 15.9 Å². The molecule has 0 saturated heterocycles. The Bertz CT molecular complexity index is 441. The minimum Gasteiger partial charge on any atom is -0.338 e. The molecule has 0 atom stereocenters. The number of halogens is 1. The van der Waals surface area contributed by atoms with E-state index in [4.69, 9.17) is 0 Å². The van der Waals surface area contributed by atoms with Crippen molar-refractivity contribution in [2.45, 2.75) is 19.3 Å². The maximum absolute atomic E-state index is 11.4. The lowest BCUT2D eigenvalue weighted by Crippen LogP contribution is -2.33. The summed E-state index contributed by atoms with van der Waals surface area (Å²) in [4.78, 5) is 11.4. The van der Waals surface area contributed by atoms with Crippen molar-refractivity contribution in [3.8, 4) is 0 Å². The number of carbonyl (C=O) groups excluding carboxylic acids is 1. The summed E-state index contributed by atoms with van der Waals surface area (Å²) in [6, 6.07) is 7.97. The highest BCUT2D eigenvalue weighted by Gasteiger charge is 2.16. The van der Waals surface area contributed by atoms with E-state index in [1.165, 1.54) is 18.4 Å². The highest BCUT2D eigenvalue weighted by molar-refractivity contribution is 9.10. The Hall–Kier alpha value is -1.29. The number of rotatable bonds is 5. The molecular formula is C14H17BrN2O. The number of nitrogens with one attached hydrogen (secondary N) is 2. The van der Waals surface area contributed by atoms with Gasteiger partial charge in [-0.2, -0.15) is 0 Å². The van der Waals surface area contributed by atoms with E-state index in [1.807, 2.05) is 18.2 Å². The van der Waals surface area contributed by atoms with Crippen molar-refractivity contribution in [1.29, 1.82) is 0 Å². The molecule has 1 saturated carbocycles. The molecule has 1 aromatic carbocycles. The van der Waals surface area contributed by atoms with Crippen LogP contribution in [0.1, 0.15) is 18.4 Å². The van der Waals surface area contributed by atoms with Gasteiger partial charge in [0, 0.05) is 17.2 Å². The van der Waals surface area contributed by atoms with Gasteiger partial charge in [0.05, 0.1) is 0 Å². The first kappa shape index (κ1) is 13.1. The number of benzene rings is 1. The van der Waals surface area contributed by atoms with Crippen molar-refractivity contribution in [3.05, 3.63) is 46.6 Å². The molecule has 2 rings (SSSR count). The van der Waals surface area contributed by atoms with Crippen LogP contribution in [-0.2, 0) is 6.42 Å². The largest absolute Gasteiger partial charge is 0.338 e. The average molecular weight is 309 g/mol. The number of carbonyl (C=O) groups is 1. The van der Waals surface area contributed by atoms with E-state index >= 15 is 0 Å². The lowest BCUT2D eigenvalue weighted by atomic mass is 10.1. The standard InChI is InChI=1S/C14H17BrN2O/c15-13-3-1-2-12(10-13)7-9-17-14(18)16-8-6-11-4-5-11/h1-3,6,8,10-11H,4-5,7,9H2,(H2,16,17,18)/b8-6+. The maximum Gasteiger partial charge on any atom is 0.318 e. The Morgan fingerprint density at radius 1 is 1.44 bits per heavy atom. The van der Waals surface area contributed by atoms with Crippen LogP contribution in [0.2, 0.25) is 0 Å². The predicted molar refractivity (Wildman–Crippen MR) is 76.2 cm³/mol. The third-order valence-electron chi connectivity index (χ3n) is 2.79. The van der Waals surface area contributed by atoms with Gasteiger partial charge in [0.25, 0.3) is 0 Å². The van der Waals surface area contributed by atoms with Crippen LogP contribution in [0.15, 0.2) is 41.0 Å². The van der Waals surface area contributed by atoms with Crippen LogP contribution in [-0.4, -0.2) is 12.6 Å². The molecule has 0 bridgehead atoms. The fraction of sp³-hybridized carbons (Fsp3) is 0.357. The normalized spacial score (nSPS) is 14.7. The molecule has 0 aliphatic heterocycles. The summed E-state index contributed by atoms with van der Waals surface area (Å²) in [5, 5.41) is 5.54. The zero-order valence-electron chi connectivity index (χ0n) is 10.2. The van der Waals surface area contributed by atoms with Crippen LogP contribution in [0.4, 0.5) is 4.79 Å². The Kier molecular flexibility index (Phi) is 4.81. The number of allylic oxidation sites excluding steroid dienone is 1. The molecule has 2 N–H and O–H groups in total. The zero-order chi connectivity index (χ0) is 12.8. The van der Waals surface area contributed by atoms with Gasteiger partial charge in [-0.05, 0) is 42.9 Å². The van der Waals surface area contributed by atoms with Crippen LogP contribution in [0, 0.1) is 5.92 Å². The molecular weight excluding hydrogens is 292 g/mol. The van der Waals surface area contributed by atoms with Gasteiger partial charge in [0.1, 0.15) is 0 Å². The molecule has 96 valence electrons. The second kappa shape index (κ2) is 6.59. The molecule has 1 aliphatic carbocycles. The first-order chi connectivity index (χ1) is 8.74. The average Bonchev–Trinajstić information content (AvgIpc) is 3.13. The minimum absolute atomic E-state index is 0.137. The first-order valence-electron chi connectivity index (χ1n) is 6.19. The Morgan fingerprint density at radius 2 is 2.28 bits per heavy atom. The van der Waals surface area contributed by atoms with Gasteiger partial charge in [-0.15, -0.1) is 0 Å². The van der Waals surface area contributed by atoms with Gasteiger partial charge in [0.2, 0.25) is 0 Å². The summed E-state index contributed by atoms with van der Waals surface area (Å²) in [6.45, 7) is 0.638. The van der Waals surface area contributed by atoms with E-state index in [2.05, 4.69) is 38.7 Å². The van der Waals surface area contributed by atoms with E-state index in [0.717, 1.165) is 10.9 Å². The molecule has 1 aliphatic rings. The second-order valence-corrected chi connectivity index (χ2v) is 5.39. The summed E-state index contributed by atoms with van der Waals surface area (Å²) in [5.41, 5.74) is 1.21. The lowest BCUT2D eigenvalue weighted by molar-refractivity contribution is 0.244. The Balaban J connectivity index is 1.63. The van der Waals surface area contributed by atoms with Crippen LogP contribution in [0.5, 0.6) is 0 Å². The van der Waals surface area contributed by atoms with Crippen LogP contribution in [0.3, 0.4) is 0 Å². The van der Waals surface area contributed by atoms with Gasteiger partial charge >= 0.3 is 6.03 Å². The lowest BCUT2D eigenvalue weighted by Gasteiger charge is -2.05. The smallest absolute Gasteiger partial charge is 0.318 e. The van der Waals surface area contributed by atoms with E-state index in [0.29, 0.717) is 12.5 Å². The van der Waals surface area contributed by atoms with Crippen molar-refractivity contribution in [1.82, 2.24) is 10.6 Å². The first-order valence-corrected chi connectivity index (χ1v) is 6.99. The van der Waals surface area contributed by atoms with Crippen LogP contribution in [0.25, 0.3) is 0 Å². The molecule has 3 nitrogen and oxygen atoms in total. The van der Waals surface area contributed by atoms with Crippen molar-refractivity contribution in [2.75, 3.05) is 6.54 Å². The minimum atomic E-state index is -0.137. The summed E-state index contributed by atoms with van der Waals surface area (Å²) >= 11 is 3.43. The SMILES string of the molecule is O=C(N/C=C/C1CC1)NCCc1cccc(Br)c1. The Labute approximate surface area is 116 Å². The zero-order valence-corrected chi connectivity index (χ0v) is 11.7. The fourth-order valence-electron chi connectivity index (χ4n) is 1.61. The topological polar surface area (TPSA) is 41.1 Å². The quantitative estimate of drug-likeness (QED) is 0.861. The molecule has 0 heterocycles. The third-order valence-corrected chi connectivity index (χ3v) is 3.29. The number of hydrogen-bond donors (Lipinski definition) is 2. The molecule has 1 aromatic rings.